The Hall–Kier alpha value is -1.54. The first-order valence-corrected chi connectivity index (χ1v) is 7.05. The van der Waals surface area contributed by atoms with Gasteiger partial charge in [-0.05, 0) is 42.7 Å². The van der Waals surface area contributed by atoms with Gasteiger partial charge in [-0.3, -0.25) is 0 Å². The van der Waals surface area contributed by atoms with Gasteiger partial charge >= 0.3 is 0 Å². The minimum Gasteiger partial charge on any atom is -0.439 e. The predicted octanol–water partition coefficient (Wildman–Crippen LogP) is 4.87. The number of ether oxygens (including phenoxy) is 1. The number of aromatic nitrogens is 1. The third-order valence-corrected chi connectivity index (χ3v) is 3.14. The average Bonchev–Trinajstić information content (AvgIpc) is 2.40. The van der Waals surface area contributed by atoms with Crippen molar-refractivity contribution in [1.29, 1.82) is 0 Å². The van der Waals surface area contributed by atoms with E-state index >= 15 is 0 Å². The molecule has 2 aromatic rings. The van der Waals surface area contributed by atoms with Crippen molar-refractivity contribution in [2.45, 2.75) is 32.6 Å². The van der Waals surface area contributed by atoms with Crippen LogP contribution >= 0.6 is 11.6 Å². The lowest BCUT2D eigenvalue weighted by Crippen LogP contribution is -1.93. The lowest BCUT2D eigenvalue weighted by molar-refractivity contribution is 0.461. The second-order valence-corrected chi connectivity index (χ2v) is 4.85. The summed E-state index contributed by atoms with van der Waals surface area (Å²) in [5, 5.41) is 0. The molecule has 1 heterocycles. The number of rotatable bonds is 5. The first kappa shape index (κ1) is 13.9. The third kappa shape index (κ3) is 3.97. The Morgan fingerprint density at radius 3 is 2.47 bits per heavy atom. The highest BCUT2D eigenvalue weighted by atomic mass is 35.5. The number of pyridine rings is 1. The van der Waals surface area contributed by atoms with Gasteiger partial charge in [0.25, 0.3) is 0 Å². The smallest absolute Gasteiger partial charge is 0.219 e. The molecule has 0 aliphatic carbocycles. The van der Waals surface area contributed by atoms with Crippen LogP contribution in [0.5, 0.6) is 11.6 Å². The molecule has 0 fully saturated rings. The number of nitrogens with zero attached hydrogens (tertiary/aromatic N) is 1. The van der Waals surface area contributed by atoms with Gasteiger partial charge in [-0.25, -0.2) is 4.98 Å². The average molecular weight is 276 g/mol. The molecule has 0 bridgehead atoms. The molecule has 0 amide bonds. The Bertz CT molecular complexity index is 537. The van der Waals surface area contributed by atoms with Crippen molar-refractivity contribution >= 4 is 11.6 Å². The fourth-order valence-corrected chi connectivity index (χ4v) is 2.12. The van der Waals surface area contributed by atoms with E-state index in [1.54, 1.807) is 0 Å². The largest absolute Gasteiger partial charge is 0.439 e. The van der Waals surface area contributed by atoms with Crippen LogP contribution in [-0.2, 0) is 12.3 Å². The van der Waals surface area contributed by atoms with Crippen LogP contribution in [0.15, 0.2) is 36.4 Å². The molecule has 0 saturated carbocycles. The van der Waals surface area contributed by atoms with Crippen LogP contribution < -0.4 is 4.74 Å². The van der Waals surface area contributed by atoms with Gasteiger partial charge in [0.2, 0.25) is 5.88 Å². The lowest BCUT2D eigenvalue weighted by Gasteiger charge is -2.08. The van der Waals surface area contributed by atoms with Crippen LogP contribution in [0.4, 0.5) is 0 Å². The molecule has 2 rings (SSSR count). The van der Waals surface area contributed by atoms with E-state index < -0.39 is 0 Å². The molecule has 0 unspecified atom stereocenters. The SMILES string of the molecule is CCCc1ccc(Oc2cc(CCl)cc(C)n2)cc1. The predicted molar refractivity (Wildman–Crippen MR) is 79.0 cm³/mol. The minimum atomic E-state index is 0.467. The zero-order valence-corrected chi connectivity index (χ0v) is 12.1. The molecule has 1 aromatic heterocycles. The fraction of sp³-hybridized carbons (Fsp3) is 0.312. The monoisotopic (exact) mass is 275 g/mol. The van der Waals surface area contributed by atoms with E-state index in [2.05, 4.69) is 24.0 Å². The highest BCUT2D eigenvalue weighted by molar-refractivity contribution is 6.17. The van der Waals surface area contributed by atoms with Crippen molar-refractivity contribution < 1.29 is 4.74 Å². The molecule has 0 atom stereocenters. The molecule has 19 heavy (non-hydrogen) atoms. The first-order chi connectivity index (χ1) is 9.21. The first-order valence-electron chi connectivity index (χ1n) is 6.51. The van der Waals surface area contributed by atoms with Gasteiger partial charge in [0.1, 0.15) is 5.75 Å². The zero-order valence-electron chi connectivity index (χ0n) is 11.3. The van der Waals surface area contributed by atoms with Crippen LogP contribution in [0, 0.1) is 6.92 Å². The molecular formula is C16H18ClNO. The molecule has 0 saturated heterocycles. The summed E-state index contributed by atoms with van der Waals surface area (Å²) in [6, 6.07) is 12.0. The summed E-state index contributed by atoms with van der Waals surface area (Å²) in [6.07, 6.45) is 2.25. The lowest BCUT2D eigenvalue weighted by atomic mass is 10.1. The Labute approximate surface area is 119 Å². The summed E-state index contributed by atoms with van der Waals surface area (Å²) in [5.74, 6) is 1.87. The second-order valence-electron chi connectivity index (χ2n) is 4.58. The number of aryl methyl sites for hydroxylation is 2. The summed E-state index contributed by atoms with van der Waals surface area (Å²) in [5.41, 5.74) is 3.26. The maximum absolute atomic E-state index is 5.85. The van der Waals surface area contributed by atoms with E-state index in [0.29, 0.717) is 11.8 Å². The Morgan fingerprint density at radius 2 is 1.84 bits per heavy atom. The van der Waals surface area contributed by atoms with Gasteiger partial charge in [-0.2, -0.15) is 0 Å². The summed E-state index contributed by atoms with van der Waals surface area (Å²) in [4.78, 5) is 4.35. The van der Waals surface area contributed by atoms with Gasteiger partial charge in [-0.15, -0.1) is 11.6 Å². The van der Waals surface area contributed by atoms with E-state index in [1.807, 2.05) is 31.2 Å². The Morgan fingerprint density at radius 1 is 1.11 bits per heavy atom. The van der Waals surface area contributed by atoms with E-state index in [9.17, 15) is 0 Å². The zero-order chi connectivity index (χ0) is 13.7. The highest BCUT2D eigenvalue weighted by Gasteiger charge is 2.02. The number of hydrogen-bond donors (Lipinski definition) is 0. The van der Waals surface area contributed by atoms with Crippen LogP contribution in [0.25, 0.3) is 0 Å². The maximum atomic E-state index is 5.85. The van der Waals surface area contributed by atoms with E-state index in [-0.39, 0.29) is 0 Å². The fourth-order valence-electron chi connectivity index (χ4n) is 1.97. The van der Waals surface area contributed by atoms with E-state index in [1.165, 1.54) is 5.56 Å². The quantitative estimate of drug-likeness (QED) is 0.726. The van der Waals surface area contributed by atoms with Crippen molar-refractivity contribution in [2.75, 3.05) is 0 Å². The number of benzene rings is 1. The molecule has 2 nitrogen and oxygen atoms in total. The molecular weight excluding hydrogens is 258 g/mol. The summed E-state index contributed by atoms with van der Waals surface area (Å²) in [6.45, 7) is 4.11. The summed E-state index contributed by atoms with van der Waals surface area (Å²) < 4.78 is 5.77. The summed E-state index contributed by atoms with van der Waals surface area (Å²) >= 11 is 5.85. The molecule has 0 radical (unpaired) electrons. The van der Waals surface area contributed by atoms with E-state index in [0.717, 1.165) is 29.8 Å². The number of hydrogen-bond acceptors (Lipinski definition) is 2. The minimum absolute atomic E-state index is 0.467. The molecule has 0 aliphatic rings. The van der Waals surface area contributed by atoms with Gasteiger partial charge in [0.05, 0.1) is 0 Å². The van der Waals surface area contributed by atoms with Crippen LogP contribution in [0.3, 0.4) is 0 Å². The normalized spacial score (nSPS) is 10.5. The number of halogens is 1. The van der Waals surface area contributed by atoms with Crippen molar-refractivity contribution in [3.05, 3.63) is 53.2 Å². The Kier molecular flexibility index (Phi) is 4.80. The highest BCUT2D eigenvalue weighted by Crippen LogP contribution is 2.22. The number of alkyl halides is 1. The molecule has 3 heteroatoms. The second kappa shape index (κ2) is 6.58. The third-order valence-electron chi connectivity index (χ3n) is 2.83. The molecule has 0 N–H and O–H groups in total. The van der Waals surface area contributed by atoms with Gasteiger partial charge in [0.15, 0.2) is 0 Å². The molecule has 100 valence electrons. The maximum Gasteiger partial charge on any atom is 0.219 e. The topological polar surface area (TPSA) is 22.1 Å². The van der Waals surface area contributed by atoms with Crippen LogP contribution in [-0.4, -0.2) is 4.98 Å². The molecule has 0 aliphatic heterocycles. The van der Waals surface area contributed by atoms with Crippen molar-refractivity contribution in [2.24, 2.45) is 0 Å². The van der Waals surface area contributed by atoms with Crippen LogP contribution in [0.2, 0.25) is 0 Å². The van der Waals surface area contributed by atoms with Gasteiger partial charge in [-0.1, -0.05) is 25.5 Å². The van der Waals surface area contributed by atoms with Crippen LogP contribution in [0.1, 0.15) is 30.2 Å². The molecule has 0 spiro atoms. The van der Waals surface area contributed by atoms with Crippen molar-refractivity contribution in [3.8, 4) is 11.6 Å². The van der Waals surface area contributed by atoms with Gasteiger partial charge in [0, 0.05) is 17.6 Å². The van der Waals surface area contributed by atoms with E-state index in [4.69, 9.17) is 16.3 Å². The standard InChI is InChI=1S/C16H18ClNO/c1-3-4-13-5-7-15(8-6-13)19-16-10-14(11-17)9-12(2)18-16/h5-10H,3-4,11H2,1-2H3. The Balaban J connectivity index is 2.14. The van der Waals surface area contributed by atoms with Crippen molar-refractivity contribution in [1.82, 2.24) is 4.98 Å². The molecule has 1 aromatic carbocycles. The van der Waals surface area contributed by atoms with Crippen molar-refractivity contribution in [3.63, 3.8) is 0 Å². The van der Waals surface area contributed by atoms with Gasteiger partial charge < -0.3 is 4.74 Å². The summed E-state index contributed by atoms with van der Waals surface area (Å²) in [7, 11) is 0.